The molecule has 152 valence electrons. The summed E-state index contributed by atoms with van der Waals surface area (Å²) in [4.78, 5) is 6.11. The second kappa shape index (κ2) is 10.6. The lowest BCUT2D eigenvalue weighted by atomic mass is 10.1. The van der Waals surface area contributed by atoms with E-state index in [9.17, 15) is 8.78 Å². The van der Waals surface area contributed by atoms with Crippen molar-refractivity contribution < 1.29 is 13.5 Å². The standard InChI is InChI=1S/C21H28F2N4O/c1-15(28-19-7-5-6-18(22)11-19)12-25-21(24-2)26-13-16-8-9-20(23)17(10-16)14-27(3)4/h5-11,15H,12-14H2,1-4H3,(H2,24,25,26). The molecule has 7 heteroatoms. The number of hydrogen-bond donors (Lipinski definition) is 2. The monoisotopic (exact) mass is 390 g/mol. The van der Waals surface area contributed by atoms with Crippen LogP contribution in [0.15, 0.2) is 47.5 Å². The Morgan fingerprint density at radius 1 is 1.14 bits per heavy atom. The molecule has 1 unspecified atom stereocenters. The van der Waals surface area contributed by atoms with Crippen molar-refractivity contribution in [2.45, 2.75) is 26.1 Å². The fourth-order valence-corrected chi connectivity index (χ4v) is 2.66. The van der Waals surface area contributed by atoms with Crippen molar-refractivity contribution in [2.24, 2.45) is 4.99 Å². The van der Waals surface area contributed by atoms with Crippen LogP contribution in [0.2, 0.25) is 0 Å². The Bertz CT molecular complexity index is 796. The van der Waals surface area contributed by atoms with Gasteiger partial charge in [-0.3, -0.25) is 4.99 Å². The number of ether oxygens (including phenoxy) is 1. The minimum absolute atomic E-state index is 0.183. The molecule has 0 aliphatic rings. The molecule has 0 fully saturated rings. The van der Waals surface area contributed by atoms with Crippen LogP contribution in [0.5, 0.6) is 5.75 Å². The van der Waals surface area contributed by atoms with Crippen LogP contribution in [0.3, 0.4) is 0 Å². The van der Waals surface area contributed by atoms with Crippen LogP contribution in [-0.4, -0.2) is 44.7 Å². The fraction of sp³-hybridized carbons (Fsp3) is 0.381. The number of nitrogens with zero attached hydrogens (tertiary/aromatic N) is 2. The van der Waals surface area contributed by atoms with Gasteiger partial charge >= 0.3 is 0 Å². The Morgan fingerprint density at radius 2 is 1.93 bits per heavy atom. The number of nitrogens with one attached hydrogen (secondary N) is 2. The van der Waals surface area contributed by atoms with E-state index in [1.54, 1.807) is 25.2 Å². The molecular formula is C21H28F2N4O. The Balaban J connectivity index is 1.84. The van der Waals surface area contributed by atoms with E-state index in [-0.39, 0.29) is 17.7 Å². The Morgan fingerprint density at radius 3 is 2.61 bits per heavy atom. The summed E-state index contributed by atoms with van der Waals surface area (Å²) >= 11 is 0. The largest absolute Gasteiger partial charge is 0.489 e. The Kier molecular flexibility index (Phi) is 8.19. The van der Waals surface area contributed by atoms with E-state index < -0.39 is 0 Å². The second-order valence-electron chi connectivity index (χ2n) is 6.86. The summed E-state index contributed by atoms with van der Waals surface area (Å²) in [7, 11) is 5.49. The van der Waals surface area contributed by atoms with Gasteiger partial charge in [-0.25, -0.2) is 8.78 Å². The van der Waals surface area contributed by atoms with Gasteiger partial charge in [-0.2, -0.15) is 0 Å². The first-order valence-corrected chi connectivity index (χ1v) is 9.16. The minimum atomic E-state index is -0.330. The summed E-state index contributed by atoms with van der Waals surface area (Å²) in [6, 6.07) is 11.1. The molecule has 0 aliphatic heterocycles. The van der Waals surface area contributed by atoms with E-state index in [1.165, 1.54) is 18.2 Å². The van der Waals surface area contributed by atoms with Crippen LogP contribution < -0.4 is 15.4 Å². The summed E-state index contributed by atoms with van der Waals surface area (Å²) in [5, 5.41) is 6.37. The third kappa shape index (κ3) is 7.15. The molecule has 0 aromatic heterocycles. The average molecular weight is 390 g/mol. The Labute approximate surface area is 165 Å². The summed E-state index contributed by atoms with van der Waals surface area (Å²) < 4.78 is 32.8. The molecule has 2 rings (SSSR count). The highest BCUT2D eigenvalue weighted by Gasteiger charge is 2.08. The average Bonchev–Trinajstić information content (AvgIpc) is 2.64. The first kappa shape index (κ1) is 21.6. The van der Waals surface area contributed by atoms with Crippen LogP contribution in [0, 0.1) is 11.6 Å². The first-order chi connectivity index (χ1) is 13.4. The molecule has 0 amide bonds. The molecule has 28 heavy (non-hydrogen) atoms. The topological polar surface area (TPSA) is 48.9 Å². The molecule has 5 nitrogen and oxygen atoms in total. The van der Waals surface area contributed by atoms with Gasteiger partial charge < -0.3 is 20.3 Å². The summed E-state index contributed by atoms with van der Waals surface area (Å²) in [6.07, 6.45) is -0.183. The molecule has 1 atom stereocenters. The maximum absolute atomic E-state index is 13.9. The van der Waals surface area contributed by atoms with Gasteiger partial charge in [0.05, 0.1) is 6.54 Å². The van der Waals surface area contributed by atoms with Crippen LogP contribution in [-0.2, 0) is 13.1 Å². The van der Waals surface area contributed by atoms with Gasteiger partial charge in [-0.15, -0.1) is 0 Å². The first-order valence-electron chi connectivity index (χ1n) is 9.16. The molecule has 0 saturated heterocycles. The Hall–Kier alpha value is -2.67. The number of benzene rings is 2. The zero-order valence-corrected chi connectivity index (χ0v) is 16.8. The van der Waals surface area contributed by atoms with Crippen molar-refractivity contribution in [1.82, 2.24) is 15.5 Å². The lowest BCUT2D eigenvalue weighted by molar-refractivity contribution is 0.223. The second-order valence-corrected chi connectivity index (χ2v) is 6.86. The minimum Gasteiger partial charge on any atom is -0.489 e. The number of hydrogen-bond acceptors (Lipinski definition) is 3. The molecule has 2 aromatic carbocycles. The quantitative estimate of drug-likeness (QED) is 0.537. The van der Waals surface area contributed by atoms with Crippen molar-refractivity contribution in [3.63, 3.8) is 0 Å². The van der Waals surface area contributed by atoms with Gasteiger partial charge in [0, 0.05) is 31.8 Å². The lowest BCUT2D eigenvalue weighted by Crippen LogP contribution is -2.41. The van der Waals surface area contributed by atoms with Crippen molar-refractivity contribution in [1.29, 1.82) is 0 Å². The summed E-state index contributed by atoms with van der Waals surface area (Å²) in [5.74, 6) is 0.552. The van der Waals surface area contributed by atoms with Crippen LogP contribution in [0.1, 0.15) is 18.1 Å². The summed E-state index contributed by atoms with van der Waals surface area (Å²) in [5.41, 5.74) is 1.62. The van der Waals surface area contributed by atoms with Gasteiger partial charge in [-0.05, 0) is 50.8 Å². The third-order valence-corrected chi connectivity index (χ3v) is 3.97. The zero-order chi connectivity index (χ0) is 20.5. The van der Waals surface area contributed by atoms with Crippen molar-refractivity contribution in [3.8, 4) is 5.75 Å². The third-order valence-electron chi connectivity index (χ3n) is 3.97. The predicted molar refractivity (Wildman–Crippen MR) is 108 cm³/mol. The number of rotatable bonds is 8. The number of aliphatic imine (C=N–C) groups is 1. The normalized spacial score (nSPS) is 12.8. The summed E-state index contributed by atoms with van der Waals surface area (Å²) in [6.45, 7) is 3.44. The number of halogens is 2. The highest BCUT2D eigenvalue weighted by Crippen LogP contribution is 2.14. The van der Waals surface area contributed by atoms with E-state index in [0.29, 0.717) is 36.9 Å². The molecule has 2 N–H and O–H groups in total. The molecular weight excluding hydrogens is 362 g/mol. The molecule has 0 bridgehead atoms. The van der Waals surface area contributed by atoms with Crippen LogP contribution in [0.4, 0.5) is 8.78 Å². The van der Waals surface area contributed by atoms with Gasteiger partial charge in [0.2, 0.25) is 0 Å². The van der Waals surface area contributed by atoms with Gasteiger partial charge in [0.1, 0.15) is 23.5 Å². The van der Waals surface area contributed by atoms with Gasteiger partial charge in [-0.1, -0.05) is 12.1 Å². The highest BCUT2D eigenvalue weighted by molar-refractivity contribution is 5.79. The van der Waals surface area contributed by atoms with Gasteiger partial charge in [0.15, 0.2) is 5.96 Å². The van der Waals surface area contributed by atoms with E-state index in [0.717, 1.165) is 5.56 Å². The molecule has 0 aliphatic carbocycles. The van der Waals surface area contributed by atoms with E-state index >= 15 is 0 Å². The van der Waals surface area contributed by atoms with Crippen molar-refractivity contribution in [3.05, 3.63) is 65.2 Å². The van der Waals surface area contributed by atoms with Crippen molar-refractivity contribution >= 4 is 5.96 Å². The SMILES string of the molecule is CN=C(NCc1ccc(F)c(CN(C)C)c1)NCC(C)Oc1cccc(F)c1. The lowest BCUT2D eigenvalue weighted by Gasteiger charge is -2.18. The smallest absolute Gasteiger partial charge is 0.191 e. The van der Waals surface area contributed by atoms with E-state index in [4.69, 9.17) is 4.74 Å². The predicted octanol–water partition coefficient (Wildman–Crippen LogP) is 3.16. The highest BCUT2D eigenvalue weighted by atomic mass is 19.1. The molecule has 0 heterocycles. The molecule has 0 saturated carbocycles. The fourth-order valence-electron chi connectivity index (χ4n) is 2.66. The van der Waals surface area contributed by atoms with Gasteiger partial charge in [0.25, 0.3) is 0 Å². The van der Waals surface area contributed by atoms with E-state index in [2.05, 4.69) is 15.6 Å². The maximum Gasteiger partial charge on any atom is 0.191 e. The van der Waals surface area contributed by atoms with E-state index in [1.807, 2.05) is 32.0 Å². The molecule has 2 aromatic rings. The molecule has 0 radical (unpaired) electrons. The molecule has 0 spiro atoms. The van der Waals surface area contributed by atoms with Crippen LogP contribution in [0.25, 0.3) is 0 Å². The van der Waals surface area contributed by atoms with Crippen LogP contribution >= 0.6 is 0 Å². The zero-order valence-electron chi connectivity index (χ0n) is 16.8. The maximum atomic E-state index is 13.9. The van der Waals surface area contributed by atoms with Crippen molar-refractivity contribution in [2.75, 3.05) is 27.7 Å². The number of guanidine groups is 1.